The van der Waals surface area contributed by atoms with E-state index in [2.05, 4.69) is 148 Å². The predicted molar refractivity (Wildman–Crippen MR) is 167 cm³/mol. The van der Waals surface area contributed by atoms with Crippen LogP contribution in [0.25, 0.3) is 44.2 Å². The lowest BCUT2D eigenvalue weighted by atomic mass is 10.00. The lowest BCUT2D eigenvalue weighted by molar-refractivity contribution is 0.669. The van der Waals surface area contributed by atoms with Crippen LogP contribution in [0.1, 0.15) is 0 Å². The fourth-order valence-corrected chi connectivity index (χ4v) is 5.51. The first kappa shape index (κ1) is 23.5. The first-order valence-corrected chi connectivity index (χ1v) is 13.8. The van der Waals surface area contributed by atoms with Gasteiger partial charge in [0.15, 0.2) is 0 Å². The molecule has 0 unspecified atom stereocenters. The molecule has 186 valence electrons. The molecule has 0 spiro atoms. The van der Waals surface area contributed by atoms with Crippen molar-refractivity contribution in [3.05, 3.63) is 150 Å². The molecule has 0 saturated heterocycles. The summed E-state index contributed by atoms with van der Waals surface area (Å²) >= 11 is 3.52. The molecule has 39 heavy (non-hydrogen) atoms. The number of para-hydroxylation sites is 2. The Labute approximate surface area is 235 Å². The molecule has 1 aromatic heterocycles. The molecule has 2 nitrogen and oxygen atoms in total. The van der Waals surface area contributed by atoms with Gasteiger partial charge in [-0.25, -0.2) is 0 Å². The molecule has 0 aliphatic rings. The van der Waals surface area contributed by atoms with Crippen LogP contribution in [-0.4, -0.2) is 0 Å². The van der Waals surface area contributed by atoms with E-state index >= 15 is 0 Å². The molecular formula is C36H24BrNO. The first-order valence-electron chi connectivity index (χ1n) is 13.0. The van der Waals surface area contributed by atoms with Gasteiger partial charge in [0, 0.05) is 21.2 Å². The molecule has 6 aromatic carbocycles. The minimum atomic E-state index is 0.886. The number of nitrogens with zero attached hydrogens (tertiary/aromatic N) is 1. The summed E-state index contributed by atoms with van der Waals surface area (Å²) in [6.07, 6.45) is 0. The zero-order valence-corrected chi connectivity index (χ0v) is 22.7. The molecule has 0 aliphatic carbocycles. The Bertz CT molecular complexity index is 1890. The molecule has 3 heteroatoms. The number of hydrogen-bond acceptors (Lipinski definition) is 2. The summed E-state index contributed by atoms with van der Waals surface area (Å²) in [4.78, 5) is 2.31. The fourth-order valence-electron chi connectivity index (χ4n) is 5.25. The SMILES string of the molecule is Brc1ccc(-c2ccc(-c3ccc(N(c4ccccc4)c4cccc5oc6ccccc6c45)cc3)cc2)cc1. The van der Waals surface area contributed by atoms with E-state index in [1.165, 1.54) is 22.3 Å². The van der Waals surface area contributed by atoms with Crippen molar-refractivity contribution in [3.8, 4) is 22.3 Å². The number of benzene rings is 6. The highest BCUT2D eigenvalue weighted by molar-refractivity contribution is 9.10. The van der Waals surface area contributed by atoms with Crippen LogP contribution >= 0.6 is 15.9 Å². The van der Waals surface area contributed by atoms with Gasteiger partial charge in [-0.1, -0.05) is 107 Å². The Hall–Kier alpha value is -4.60. The Morgan fingerprint density at radius 2 is 0.949 bits per heavy atom. The van der Waals surface area contributed by atoms with Crippen LogP contribution in [0.2, 0.25) is 0 Å². The van der Waals surface area contributed by atoms with Crippen LogP contribution in [-0.2, 0) is 0 Å². The van der Waals surface area contributed by atoms with Crippen LogP contribution in [0.3, 0.4) is 0 Å². The average molecular weight is 566 g/mol. The molecule has 0 N–H and O–H groups in total. The van der Waals surface area contributed by atoms with Crippen molar-refractivity contribution in [2.45, 2.75) is 0 Å². The first-order chi connectivity index (χ1) is 19.2. The molecule has 1 heterocycles. The van der Waals surface area contributed by atoms with Gasteiger partial charge in [-0.2, -0.15) is 0 Å². The second-order valence-corrected chi connectivity index (χ2v) is 10.5. The van der Waals surface area contributed by atoms with Crippen LogP contribution in [0, 0.1) is 0 Å². The highest BCUT2D eigenvalue weighted by Crippen LogP contribution is 2.43. The molecule has 0 atom stereocenters. The Kier molecular flexibility index (Phi) is 5.99. The van der Waals surface area contributed by atoms with Crippen LogP contribution < -0.4 is 4.90 Å². The van der Waals surface area contributed by atoms with Gasteiger partial charge in [-0.15, -0.1) is 0 Å². The van der Waals surface area contributed by atoms with Crippen molar-refractivity contribution in [2.24, 2.45) is 0 Å². The van der Waals surface area contributed by atoms with Crippen LogP contribution in [0.5, 0.6) is 0 Å². The molecular weight excluding hydrogens is 542 g/mol. The number of furan rings is 1. The van der Waals surface area contributed by atoms with E-state index in [1.54, 1.807) is 0 Å². The van der Waals surface area contributed by atoms with E-state index in [9.17, 15) is 0 Å². The van der Waals surface area contributed by atoms with Crippen molar-refractivity contribution >= 4 is 54.9 Å². The summed E-state index contributed by atoms with van der Waals surface area (Å²) in [5.74, 6) is 0. The van der Waals surface area contributed by atoms with E-state index < -0.39 is 0 Å². The third-order valence-corrected chi connectivity index (χ3v) is 7.69. The summed E-state index contributed by atoms with van der Waals surface area (Å²) in [7, 11) is 0. The highest BCUT2D eigenvalue weighted by Gasteiger charge is 2.19. The maximum Gasteiger partial charge on any atom is 0.137 e. The smallest absolute Gasteiger partial charge is 0.137 e. The summed E-state index contributed by atoms with van der Waals surface area (Å²) in [6.45, 7) is 0. The highest BCUT2D eigenvalue weighted by atomic mass is 79.9. The van der Waals surface area contributed by atoms with Gasteiger partial charge in [0.05, 0.1) is 11.1 Å². The van der Waals surface area contributed by atoms with Gasteiger partial charge in [0.1, 0.15) is 11.2 Å². The number of halogens is 1. The van der Waals surface area contributed by atoms with Gasteiger partial charge in [-0.3, -0.25) is 0 Å². The summed E-state index contributed by atoms with van der Waals surface area (Å²) in [6, 6.07) is 51.0. The zero-order chi connectivity index (χ0) is 26.2. The molecule has 7 rings (SSSR count). The molecule has 0 radical (unpaired) electrons. The molecule has 0 amide bonds. The van der Waals surface area contributed by atoms with Gasteiger partial charge in [-0.05, 0) is 76.9 Å². The number of anilines is 3. The topological polar surface area (TPSA) is 16.4 Å². The minimum Gasteiger partial charge on any atom is -0.456 e. The maximum atomic E-state index is 6.21. The largest absolute Gasteiger partial charge is 0.456 e. The Morgan fingerprint density at radius 1 is 0.436 bits per heavy atom. The number of rotatable bonds is 5. The van der Waals surface area contributed by atoms with Gasteiger partial charge >= 0.3 is 0 Å². The van der Waals surface area contributed by atoms with Crippen molar-refractivity contribution in [3.63, 3.8) is 0 Å². The molecule has 0 bridgehead atoms. The standard InChI is InChI=1S/C36H24BrNO/c37-29-21-17-27(18-22-29)25-13-15-26(16-14-25)28-19-23-31(24-20-28)38(30-7-2-1-3-8-30)33-10-6-12-35-36(33)32-9-4-5-11-34(32)39-35/h1-24H. The lowest BCUT2D eigenvalue weighted by Gasteiger charge is -2.26. The third kappa shape index (κ3) is 4.41. The predicted octanol–water partition coefficient (Wildman–Crippen LogP) is 11.2. The van der Waals surface area contributed by atoms with Gasteiger partial charge in [0.2, 0.25) is 0 Å². The van der Waals surface area contributed by atoms with Crippen molar-refractivity contribution in [1.29, 1.82) is 0 Å². The Balaban J connectivity index is 1.29. The quantitative estimate of drug-likeness (QED) is 0.206. The van der Waals surface area contributed by atoms with E-state index in [0.29, 0.717) is 0 Å². The van der Waals surface area contributed by atoms with Crippen LogP contribution in [0.4, 0.5) is 17.1 Å². The number of hydrogen-bond donors (Lipinski definition) is 0. The summed E-state index contributed by atoms with van der Waals surface area (Å²) < 4.78 is 7.30. The third-order valence-electron chi connectivity index (χ3n) is 7.16. The normalized spacial score (nSPS) is 11.2. The van der Waals surface area contributed by atoms with E-state index in [1.807, 2.05) is 18.2 Å². The monoisotopic (exact) mass is 565 g/mol. The fraction of sp³-hybridized carbons (Fsp3) is 0. The number of fused-ring (bicyclic) bond motifs is 3. The molecule has 0 aliphatic heterocycles. The molecule has 0 saturated carbocycles. The molecule has 7 aromatic rings. The zero-order valence-electron chi connectivity index (χ0n) is 21.1. The second-order valence-electron chi connectivity index (χ2n) is 9.55. The minimum absolute atomic E-state index is 0.886. The van der Waals surface area contributed by atoms with Crippen molar-refractivity contribution in [2.75, 3.05) is 4.90 Å². The lowest BCUT2D eigenvalue weighted by Crippen LogP contribution is -2.10. The Morgan fingerprint density at radius 3 is 1.62 bits per heavy atom. The second kappa shape index (κ2) is 9.94. The van der Waals surface area contributed by atoms with E-state index in [0.717, 1.165) is 43.5 Å². The van der Waals surface area contributed by atoms with Crippen molar-refractivity contribution in [1.82, 2.24) is 0 Å². The molecule has 0 fully saturated rings. The summed E-state index contributed by atoms with van der Waals surface area (Å²) in [5, 5.41) is 2.23. The van der Waals surface area contributed by atoms with Gasteiger partial charge in [0.25, 0.3) is 0 Å². The van der Waals surface area contributed by atoms with Crippen molar-refractivity contribution < 1.29 is 4.42 Å². The van der Waals surface area contributed by atoms with E-state index in [4.69, 9.17) is 4.42 Å². The van der Waals surface area contributed by atoms with Crippen LogP contribution in [0.15, 0.2) is 154 Å². The van der Waals surface area contributed by atoms with E-state index in [-0.39, 0.29) is 0 Å². The van der Waals surface area contributed by atoms with Gasteiger partial charge < -0.3 is 9.32 Å². The maximum absolute atomic E-state index is 6.21. The average Bonchev–Trinajstić information content (AvgIpc) is 3.38. The summed E-state index contributed by atoms with van der Waals surface area (Å²) in [5.41, 5.74) is 9.86.